The predicted octanol–water partition coefficient (Wildman–Crippen LogP) is 2.31. The SMILES string of the molecule is CCc1ccc(C(=O)NNC(=O)Cc2cccs2)cc1. The predicted molar refractivity (Wildman–Crippen MR) is 79.5 cm³/mol. The largest absolute Gasteiger partial charge is 0.273 e. The molecule has 2 rings (SSSR count). The molecular weight excluding hydrogens is 272 g/mol. The van der Waals surface area contributed by atoms with E-state index in [1.165, 1.54) is 16.9 Å². The average Bonchev–Trinajstić information content (AvgIpc) is 2.97. The highest BCUT2D eigenvalue weighted by Gasteiger charge is 2.08. The number of hydrogen-bond acceptors (Lipinski definition) is 3. The highest BCUT2D eigenvalue weighted by Crippen LogP contribution is 2.08. The number of thiophene rings is 1. The van der Waals surface area contributed by atoms with Crippen molar-refractivity contribution in [3.05, 3.63) is 57.8 Å². The number of nitrogens with one attached hydrogen (secondary N) is 2. The van der Waals surface area contributed by atoms with Gasteiger partial charge in [0.25, 0.3) is 5.91 Å². The molecule has 0 saturated carbocycles. The maximum atomic E-state index is 11.8. The van der Waals surface area contributed by atoms with Crippen molar-refractivity contribution >= 4 is 23.2 Å². The van der Waals surface area contributed by atoms with Gasteiger partial charge in [-0.1, -0.05) is 25.1 Å². The Hall–Kier alpha value is -2.14. The fourth-order valence-electron chi connectivity index (χ4n) is 1.71. The van der Waals surface area contributed by atoms with Crippen molar-refractivity contribution in [2.75, 3.05) is 0 Å². The normalized spacial score (nSPS) is 10.1. The second-order valence-corrected chi connectivity index (χ2v) is 5.34. The molecule has 0 spiro atoms. The summed E-state index contributed by atoms with van der Waals surface area (Å²) in [6.45, 7) is 2.06. The minimum absolute atomic E-state index is 0.231. The van der Waals surface area contributed by atoms with Crippen molar-refractivity contribution in [1.82, 2.24) is 10.9 Å². The number of aryl methyl sites for hydroxylation is 1. The number of hydrazine groups is 1. The Kier molecular flexibility index (Phi) is 4.90. The lowest BCUT2D eigenvalue weighted by Crippen LogP contribution is -2.42. The monoisotopic (exact) mass is 288 g/mol. The van der Waals surface area contributed by atoms with Crippen LogP contribution in [0.15, 0.2) is 41.8 Å². The molecule has 0 aliphatic heterocycles. The first-order chi connectivity index (χ1) is 9.69. The molecule has 20 heavy (non-hydrogen) atoms. The standard InChI is InChI=1S/C15H16N2O2S/c1-2-11-5-7-12(8-6-11)15(19)17-16-14(18)10-13-4-3-9-20-13/h3-9H,2,10H2,1H3,(H,16,18)(H,17,19). The van der Waals surface area contributed by atoms with Crippen LogP contribution in [0.1, 0.15) is 27.7 Å². The topological polar surface area (TPSA) is 58.2 Å². The summed E-state index contributed by atoms with van der Waals surface area (Å²) >= 11 is 1.51. The molecule has 0 aliphatic rings. The van der Waals surface area contributed by atoms with Gasteiger partial charge in [0.2, 0.25) is 5.91 Å². The van der Waals surface area contributed by atoms with Crippen molar-refractivity contribution in [3.8, 4) is 0 Å². The summed E-state index contributed by atoms with van der Waals surface area (Å²) in [5.74, 6) is -0.543. The maximum absolute atomic E-state index is 11.8. The Morgan fingerprint density at radius 2 is 1.85 bits per heavy atom. The molecule has 1 aromatic heterocycles. The first-order valence-corrected chi connectivity index (χ1v) is 7.27. The molecule has 2 amide bonds. The van der Waals surface area contributed by atoms with Crippen LogP contribution in [0.2, 0.25) is 0 Å². The molecule has 0 fully saturated rings. The van der Waals surface area contributed by atoms with Gasteiger partial charge < -0.3 is 0 Å². The van der Waals surface area contributed by atoms with Crippen molar-refractivity contribution in [3.63, 3.8) is 0 Å². The first-order valence-electron chi connectivity index (χ1n) is 6.39. The van der Waals surface area contributed by atoms with Gasteiger partial charge in [0, 0.05) is 10.4 Å². The van der Waals surface area contributed by atoms with Crippen LogP contribution in [0.3, 0.4) is 0 Å². The van der Waals surface area contributed by atoms with Gasteiger partial charge in [-0.3, -0.25) is 20.4 Å². The van der Waals surface area contributed by atoms with E-state index < -0.39 is 0 Å². The molecule has 1 heterocycles. The molecule has 4 nitrogen and oxygen atoms in total. The van der Waals surface area contributed by atoms with Crippen molar-refractivity contribution in [1.29, 1.82) is 0 Å². The minimum atomic E-state index is -0.313. The molecule has 0 bridgehead atoms. The lowest BCUT2D eigenvalue weighted by molar-refractivity contribution is -0.121. The highest BCUT2D eigenvalue weighted by atomic mass is 32.1. The summed E-state index contributed by atoms with van der Waals surface area (Å²) in [4.78, 5) is 24.4. The molecule has 1 aromatic carbocycles. The zero-order chi connectivity index (χ0) is 14.4. The van der Waals surface area contributed by atoms with E-state index in [-0.39, 0.29) is 18.2 Å². The van der Waals surface area contributed by atoms with Crippen LogP contribution in [-0.4, -0.2) is 11.8 Å². The summed E-state index contributed by atoms with van der Waals surface area (Å²) in [7, 11) is 0. The van der Waals surface area contributed by atoms with Gasteiger partial charge in [0.05, 0.1) is 6.42 Å². The summed E-state index contributed by atoms with van der Waals surface area (Å²) in [5, 5.41) is 1.91. The zero-order valence-corrected chi connectivity index (χ0v) is 12.0. The van der Waals surface area contributed by atoms with E-state index in [4.69, 9.17) is 0 Å². The Labute approximate surface area is 121 Å². The summed E-state index contributed by atoms with van der Waals surface area (Å²) in [6.07, 6.45) is 1.20. The van der Waals surface area contributed by atoms with Crippen LogP contribution in [0.25, 0.3) is 0 Å². The van der Waals surface area contributed by atoms with Crippen LogP contribution in [-0.2, 0) is 17.6 Å². The molecule has 5 heteroatoms. The molecular formula is C15H16N2O2S. The van der Waals surface area contributed by atoms with E-state index in [9.17, 15) is 9.59 Å². The quantitative estimate of drug-likeness (QED) is 0.848. The van der Waals surface area contributed by atoms with Crippen LogP contribution in [0.4, 0.5) is 0 Å². The Balaban J connectivity index is 1.83. The smallest absolute Gasteiger partial charge is 0.269 e. The van der Waals surface area contributed by atoms with Gasteiger partial charge in [-0.2, -0.15) is 0 Å². The lowest BCUT2D eigenvalue weighted by atomic mass is 10.1. The Morgan fingerprint density at radius 1 is 1.10 bits per heavy atom. The van der Waals surface area contributed by atoms with E-state index in [2.05, 4.69) is 17.8 Å². The first kappa shape index (κ1) is 14.3. The van der Waals surface area contributed by atoms with E-state index in [0.717, 1.165) is 11.3 Å². The molecule has 104 valence electrons. The molecule has 0 saturated heterocycles. The van der Waals surface area contributed by atoms with Crippen molar-refractivity contribution < 1.29 is 9.59 Å². The molecule has 0 atom stereocenters. The van der Waals surface area contributed by atoms with Gasteiger partial charge in [0.1, 0.15) is 0 Å². The number of hydrogen-bond donors (Lipinski definition) is 2. The molecule has 2 aromatic rings. The number of carbonyl (C=O) groups excluding carboxylic acids is 2. The van der Waals surface area contributed by atoms with E-state index in [0.29, 0.717) is 5.56 Å². The zero-order valence-electron chi connectivity index (χ0n) is 11.2. The van der Waals surface area contributed by atoms with E-state index in [1.807, 2.05) is 29.6 Å². The van der Waals surface area contributed by atoms with E-state index >= 15 is 0 Å². The molecule has 2 N–H and O–H groups in total. The third-order valence-electron chi connectivity index (χ3n) is 2.85. The van der Waals surface area contributed by atoms with Crippen LogP contribution in [0.5, 0.6) is 0 Å². The number of benzene rings is 1. The maximum Gasteiger partial charge on any atom is 0.269 e. The Bertz CT molecular complexity index is 576. The lowest BCUT2D eigenvalue weighted by Gasteiger charge is -2.07. The fraction of sp³-hybridized carbons (Fsp3) is 0.200. The van der Waals surface area contributed by atoms with Gasteiger partial charge >= 0.3 is 0 Å². The fourth-order valence-corrected chi connectivity index (χ4v) is 2.41. The van der Waals surface area contributed by atoms with E-state index in [1.54, 1.807) is 12.1 Å². The number of rotatable bonds is 4. The number of carbonyl (C=O) groups is 2. The highest BCUT2D eigenvalue weighted by molar-refractivity contribution is 7.10. The minimum Gasteiger partial charge on any atom is -0.273 e. The molecule has 0 aliphatic carbocycles. The third-order valence-corrected chi connectivity index (χ3v) is 3.73. The number of amides is 2. The van der Waals surface area contributed by atoms with Gasteiger partial charge in [-0.15, -0.1) is 11.3 Å². The summed E-state index contributed by atoms with van der Waals surface area (Å²) < 4.78 is 0. The van der Waals surface area contributed by atoms with Gasteiger partial charge in [0.15, 0.2) is 0 Å². The summed E-state index contributed by atoms with van der Waals surface area (Å²) in [6, 6.07) is 11.1. The summed E-state index contributed by atoms with van der Waals surface area (Å²) in [5.41, 5.74) is 6.53. The van der Waals surface area contributed by atoms with Crippen LogP contribution < -0.4 is 10.9 Å². The van der Waals surface area contributed by atoms with Gasteiger partial charge in [-0.25, -0.2) is 0 Å². The van der Waals surface area contributed by atoms with Crippen LogP contribution in [0, 0.1) is 0 Å². The average molecular weight is 288 g/mol. The van der Waals surface area contributed by atoms with Crippen molar-refractivity contribution in [2.24, 2.45) is 0 Å². The second-order valence-electron chi connectivity index (χ2n) is 4.31. The Morgan fingerprint density at radius 3 is 2.45 bits per heavy atom. The molecule has 0 radical (unpaired) electrons. The van der Waals surface area contributed by atoms with Crippen LogP contribution >= 0.6 is 11.3 Å². The third kappa shape index (κ3) is 3.93. The second kappa shape index (κ2) is 6.86. The molecule has 0 unspecified atom stereocenters. The van der Waals surface area contributed by atoms with Crippen molar-refractivity contribution in [2.45, 2.75) is 19.8 Å². The van der Waals surface area contributed by atoms with Gasteiger partial charge in [-0.05, 0) is 35.6 Å².